The first-order valence-corrected chi connectivity index (χ1v) is 5.95. The fourth-order valence-corrected chi connectivity index (χ4v) is 1.97. The molecule has 2 aromatic heterocycles. The lowest BCUT2D eigenvalue weighted by atomic mass is 10.1. The topological polar surface area (TPSA) is 81.7 Å². The van der Waals surface area contributed by atoms with Crippen molar-refractivity contribution < 1.29 is 0 Å². The Bertz CT molecular complexity index is 718. The number of benzene rings is 1. The Balaban J connectivity index is 1.89. The summed E-state index contributed by atoms with van der Waals surface area (Å²) in [6.45, 7) is 0.576. The lowest BCUT2D eigenvalue weighted by Crippen LogP contribution is -2.07. The predicted octanol–water partition coefficient (Wildman–Crippen LogP) is 1.56. The quantitative estimate of drug-likeness (QED) is 0.693. The number of rotatable bonds is 3. The molecule has 0 aliphatic carbocycles. The number of hydrogen-bond acceptors (Lipinski definition) is 5. The lowest BCUT2D eigenvalue weighted by Gasteiger charge is -2.10. The molecule has 96 valence electrons. The lowest BCUT2D eigenvalue weighted by molar-refractivity contribution is 0.812. The maximum Gasteiger partial charge on any atom is 0.151 e. The van der Waals surface area contributed by atoms with E-state index in [1.165, 1.54) is 0 Å². The van der Waals surface area contributed by atoms with Crippen LogP contribution >= 0.6 is 0 Å². The van der Waals surface area contributed by atoms with Gasteiger partial charge in [0.05, 0.1) is 23.4 Å². The third kappa shape index (κ3) is 2.08. The van der Waals surface area contributed by atoms with Gasteiger partial charge in [-0.3, -0.25) is 4.98 Å². The van der Waals surface area contributed by atoms with E-state index in [0.29, 0.717) is 12.2 Å². The Morgan fingerprint density at radius 2 is 2.21 bits per heavy atom. The van der Waals surface area contributed by atoms with Crippen LogP contribution in [0.5, 0.6) is 0 Å². The SMILES string of the molecule is Cn1cnnc1CNc1ccc2ncccc2c1N. The minimum atomic E-state index is 0.576. The van der Waals surface area contributed by atoms with Crippen LogP contribution in [0.2, 0.25) is 0 Å². The monoisotopic (exact) mass is 254 g/mol. The van der Waals surface area contributed by atoms with Gasteiger partial charge in [0.25, 0.3) is 0 Å². The van der Waals surface area contributed by atoms with Crippen LogP contribution in [0.15, 0.2) is 36.8 Å². The van der Waals surface area contributed by atoms with Crippen LogP contribution in [-0.4, -0.2) is 19.7 Å². The number of nitrogens with zero attached hydrogens (tertiary/aromatic N) is 4. The minimum absolute atomic E-state index is 0.576. The molecule has 3 N–H and O–H groups in total. The summed E-state index contributed by atoms with van der Waals surface area (Å²) in [5.74, 6) is 0.852. The van der Waals surface area contributed by atoms with E-state index in [2.05, 4.69) is 20.5 Å². The molecule has 3 rings (SSSR count). The molecule has 0 spiro atoms. The molecule has 0 atom stereocenters. The number of pyridine rings is 1. The predicted molar refractivity (Wildman–Crippen MR) is 74.5 cm³/mol. The van der Waals surface area contributed by atoms with E-state index < -0.39 is 0 Å². The van der Waals surface area contributed by atoms with E-state index >= 15 is 0 Å². The van der Waals surface area contributed by atoms with E-state index in [9.17, 15) is 0 Å². The van der Waals surface area contributed by atoms with E-state index in [0.717, 1.165) is 22.4 Å². The number of nitrogen functional groups attached to an aromatic ring is 1. The summed E-state index contributed by atoms with van der Waals surface area (Å²) in [7, 11) is 1.91. The Hall–Kier alpha value is -2.63. The van der Waals surface area contributed by atoms with Gasteiger partial charge in [-0.15, -0.1) is 10.2 Å². The summed E-state index contributed by atoms with van der Waals surface area (Å²) >= 11 is 0. The number of nitrogens with two attached hydrogens (primary N) is 1. The van der Waals surface area contributed by atoms with Crippen molar-refractivity contribution >= 4 is 22.3 Å². The van der Waals surface area contributed by atoms with Crippen LogP contribution in [0.1, 0.15) is 5.82 Å². The van der Waals surface area contributed by atoms with Gasteiger partial charge in [0.1, 0.15) is 6.33 Å². The zero-order chi connectivity index (χ0) is 13.2. The molecule has 6 heteroatoms. The van der Waals surface area contributed by atoms with E-state index in [-0.39, 0.29) is 0 Å². The van der Waals surface area contributed by atoms with Crippen molar-refractivity contribution in [3.63, 3.8) is 0 Å². The average Bonchev–Trinajstić information content (AvgIpc) is 2.84. The van der Waals surface area contributed by atoms with E-state index in [1.54, 1.807) is 12.5 Å². The van der Waals surface area contributed by atoms with Crippen LogP contribution in [0, 0.1) is 0 Å². The highest BCUT2D eigenvalue weighted by molar-refractivity contribution is 5.96. The molecule has 0 bridgehead atoms. The summed E-state index contributed by atoms with van der Waals surface area (Å²) in [4.78, 5) is 4.27. The summed E-state index contributed by atoms with van der Waals surface area (Å²) in [6.07, 6.45) is 3.43. The van der Waals surface area contributed by atoms with Gasteiger partial charge in [-0.25, -0.2) is 0 Å². The molecule has 19 heavy (non-hydrogen) atoms. The van der Waals surface area contributed by atoms with Crippen LogP contribution in [0.3, 0.4) is 0 Å². The Labute approximate surface area is 110 Å². The summed E-state index contributed by atoms with van der Waals surface area (Å²) < 4.78 is 1.87. The second-order valence-electron chi connectivity index (χ2n) is 4.31. The summed E-state index contributed by atoms with van der Waals surface area (Å²) in [5.41, 5.74) is 8.62. The first-order chi connectivity index (χ1) is 9.25. The van der Waals surface area contributed by atoms with Gasteiger partial charge >= 0.3 is 0 Å². The number of fused-ring (bicyclic) bond motifs is 1. The van der Waals surface area contributed by atoms with Crippen molar-refractivity contribution in [2.45, 2.75) is 6.54 Å². The van der Waals surface area contributed by atoms with Crippen LogP contribution < -0.4 is 11.1 Å². The highest BCUT2D eigenvalue weighted by Crippen LogP contribution is 2.27. The summed E-state index contributed by atoms with van der Waals surface area (Å²) in [6, 6.07) is 7.72. The van der Waals surface area contributed by atoms with Crippen molar-refractivity contribution in [2.75, 3.05) is 11.1 Å². The van der Waals surface area contributed by atoms with Crippen molar-refractivity contribution in [1.82, 2.24) is 19.7 Å². The molecular weight excluding hydrogens is 240 g/mol. The van der Waals surface area contributed by atoms with E-state index in [1.807, 2.05) is 35.9 Å². The van der Waals surface area contributed by atoms with Crippen molar-refractivity contribution in [3.05, 3.63) is 42.6 Å². The molecule has 6 nitrogen and oxygen atoms in total. The number of anilines is 2. The van der Waals surface area contributed by atoms with Gasteiger partial charge in [-0.05, 0) is 24.3 Å². The highest BCUT2D eigenvalue weighted by atomic mass is 15.3. The zero-order valence-electron chi connectivity index (χ0n) is 10.5. The maximum absolute atomic E-state index is 6.15. The highest BCUT2D eigenvalue weighted by Gasteiger charge is 2.06. The zero-order valence-corrected chi connectivity index (χ0v) is 10.5. The molecule has 1 aromatic carbocycles. The molecule has 0 saturated heterocycles. The second-order valence-corrected chi connectivity index (χ2v) is 4.31. The molecule has 0 unspecified atom stereocenters. The van der Waals surface area contributed by atoms with Crippen LogP contribution in [0.25, 0.3) is 10.9 Å². The maximum atomic E-state index is 6.15. The first-order valence-electron chi connectivity index (χ1n) is 5.95. The first kappa shape index (κ1) is 11.5. The molecule has 0 aliphatic heterocycles. The Kier molecular flexibility index (Phi) is 2.75. The van der Waals surface area contributed by atoms with Gasteiger partial charge in [-0.2, -0.15) is 0 Å². The summed E-state index contributed by atoms with van der Waals surface area (Å²) in [5, 5.41) is 12.1. The molecule has 0 amide bonds. The number of aryl methyl sites for hydroxylation is 1. The van der Waals surface area contributed by atoms with Gasteiger partial charge in [0.15, 0.2) is 5.82 Å². The molecule has 0 saturated carbocycles. The van der Waals surface area contributed by atoms with Gasteiger partial charge in [0, 0.05) is 18.6 Å². The molecule has 3 aromatic rings. The Morgan fingerprint density at radius 1 is 1.32 bits per heavy atom. The average molecular weight is 254 g/mol. The van der Waals surface area contributed by atoms with E-state index in [4.69, 9.17) is 5.73 Å². The normalized spacial score (nSPS) is 10.8. The largest absolute Gasteiger partial charge is 0.397 e. The number of nitrogens with one attached hydrogen (secondary N) is 1. The minimum Gasteiger partial charge on any atom is -0.397 e. The van der Waals surface area contributed by atoms with Gasteiger partial charge < -0.3 is 15.6 Å². The molecule has 0 fully saturated rings. The second kappa shape index (κ2) is 4.56. The van der Waals surface area contributed by atoms with Crippen molar-refractivity contribution in [1.29, 1.82) is 0 Å². The molecule has 0 aliphatic rings. The van der Waals surface area contributed by atoms with Gasteiger partial charge in [-0.1, -0.05) is 0 Å². The number of aromatic nitrogens is 4. The number of hydrogen-bond donors (Lipinski definition) is 2. The smallest absolute Gasteiger partial charge is 0.151 e. The van der Waals surface area contributed by atoms with Crippen molar-refractivity contribution in [2.24, 2.45) is 7.05 Å². The fourth-order valence-electron chi connectivity index (χ4n) is 1.97. The van der Waals surface area contributed by atoms with Crippen LogP contribution in [0.4, 0.5) is 11.4 Å². The Morgan fingerprint density at radius 3 is 3.00 bits per heavy atom. The molecular formula is C13H14N6. The molecule has 2 heterocycles. The standard InChI is InChI=1S/C13H14N6/c1-19-8-17-18-12(19)7-16-11-5-4-10-9(13(11)14)3-2-6-15-10/h2-6,8,16H,7,14H2,1H3. The fraction of sp³-hybridized carbons (Fsp3) is 0.154. The van der Waals surface area contributed by atoms with Gasteiger partial charge in [0.2, 0.25) is 0 Å². The van der Waals surface area contributed by atoms with Crippen molar-refractivity contribution in [3.8, 4) is 0 Å². The third-order valence-corrected chi connectivity index (χ3v) is 3.07. The third-order valence-electron chi connectivity index (χ3n) is 3.07. The molecule has 0 radical (unpaired) electrons. The van der Waals surface area contributed by atoms with Crippen LogP contribution in [-0.2, 0) is 13.6 Å².